The third-order valence-corrected chi connectivity index (χ3v) is 7.74. The highest BCUT2D eigenvalue weighted by Gasteiger charge is 2.27. The number of nitrogens with zero attached hydrogens (tertiary/aromatic N) is 3. The number of benzene rings is 1. The van der Waals surface area contributed by atoms with Crippen molar-refractivity contribution in [1.29, 1.82) is 0 Å². The SMILES string of the molecule is O=S(=O)(NCCS(=O)(=O)N1CCN(c2ccc(F)cc2)CC1)c1cccnc1. The van der Waals surface area contributed by atoms with Crippen LogP contribution in [0.3, 0.4) is 0 Å². The molecule has 1 fully saturated rings. The Morgan fingerprint density at radius 2 is 1.68 bits per heavy atom. The van der Waals surface area contributed by atoms with E-state index >= 15 is 0 Å². The highest BCUT2D eigenvalue weighted by atomic mass is 32.2. The zero-order valence-corrected chi connectivity index (χ0v) is 16.7. The smallest absolute Gasteiger partial charge is 0.242 e. The molecule has 11 heteroatoms. The Morgan fingerprint density at radius 1 is 1.00 bits per heavy atom. The lowest BCUT2D eigenvalue weighted by atomic mass is 10.2. The number of pyridine rings is 1. The Labute approximate surface area is 164 Å². The molecule has 3 rings (SSSR count). The zero-order valence-electron chi connectivity index (χ0n) is 15.0. The van der Waals surface area contributed by atoms with Gasteiger partial charge < -0.3 is 4.90 Å². The third-order valence-electron chi connectivity index (χ3n) is 4.42. The van der Waals surface area contributed by atoms with Crippen LogP contribution in [0.25, 0.3) is 0 Å². The lowest BCUT2D eigenvalue weighted by Crippen LogP contribution is -2.50. The maximum atomic E-state index is 13.0. The Bertz CT molecular complexity index is 991. The molecule has 0 aliphatic carbocycles. The van der Waals surface area contributed by atoms with Crippen molar-refractivity contribution in [3.05, 3.63) is 54.6 Å². The van der Waals surface area contributed by atoms with Gasteiger partial charge in [0.05, 0.1) is 5.75 Å². The van der Waals surface area contributed by atoms with Gasteiger partial charge in [0, 0.05) is 50.8 Å². The van der Waals surface area contributed by atoms with Gasteiger partial charge in [-0.2, -0.15) is 4.31 Å². The van der Waals surface area contributed by atoms with E-state index in [0.717, 1.165) is 5.69 Å². The van der Waals surface area contributed by atoms with Gasteiger partial charge in [-0.15, -0.1) is 0 Å². The topological polar surface area (TPSA) is 99.7 Å². The number of piperazine rings is 1. The molecule has 0 unspecified atom stereocenters. The zero-order chi connectivity index (χ0) is 20.2. The van der Waals surface area contributed by atoms with Crippen LogP contribution in [0.1, 0.15) is 0 Å². The second-order valence-electron chi connectivity index (χ2n) is 6.27. The summed E-state index contributed by atoms with van der Waals surface area (Å²) in [5.41, 5.74) is 0.836. The van der Waals surface area contributed by atoms with Crippen LogP contribution in [-0.4, -0.2) is 64.6 Å². The molecule has 1 aromatic heterocycles. The van der Waals surface area contributed by atoms with Crippen LogP contribution in [-0.2, 0) is 20.0 Å². The summed E-state index contributed by atoms with van der Waals surface area (Å²) < 4.78 is 65.9. The molecule has 0 spiro atoms. The van der Waals surface area contributed by atoms with E-state index in [2.05, 4.69) is 9.71 Å². The molecule has 1 saturated heterocycles. The molecule has 0 atom stereocenters. The molecule has 0 radical (unpaired) electrons. The van der Waals surface area contributed by atoms with E-state index in [1.807, 2.05) is 4.90 Å². The molecule has 2 heterocycles. The van der Waals surface area contributed by atoms with E-state index in [4.69, 9.17) is 0 Å². The molecule has 8 nitrogen and oxygen atoms in total. The summed E-state index contributed by atoms with van der Waals surface area (Å²) in [5.74, 6) is -0.651. The minimum atomic E-state index is -3.80. The summed E-state index contributed by atoms with van der Waals surface area (Å²) in [4.78, 5) is 5.72. The van der Waals surface area contributed by atoms with Crippen LogP contribution >= 0.6 is 0 Å². The Hall–Kier alpha value is -2.08. The van der Waals surface area contributed by atoms with Gasteiger partial charge in [-0.1, -0.05) is 0 Å². The lowest BCUT2D eigenvalue weighted by Gasteiger charge is -2.35. The number of hydrogen-bond donors (Lipinski definition) is 1. The number of halogens is 1. The standard InChI is InChI=1S/C17H21FN4O4S2/c18-15-3-5-16(6-4-15)21-9-11-22(12-10-21)27(23,24)13-8-20-28(25,26)17-2-1-7-19-14-17/h1-7,14,20H,8-13H2. The fraction of sp³-hybridized carbons (Fsp3) is 0.353. The maximum Gasteiger partial charge on any atom is 0.242 e. The van der Waals surface area contributed by atoms with Gasteiger partial charge in [-0.3, -0.25) is 4.98 Å². The van der Waals surface area contributed by atoms with Crippen molar-refractivity contribution in [3.8, 4) is 0 Å². The van der Waals surface area contributed by atoms with Crippen molar-refractivity contribution < 1.29 is 21.2 Å². The molecule has 2 aromatic rings. The van der Waals surface area contributed by atoms with Gasteiger partial charge in [0.25, 0.3) is 0 Å². The number of aromatic nitrogens is 1. The van der Waals surface area contributed by atoms with E-state index in [0.29, 0.717) is 13.1 Å². The van der Waals surface area contributed by atoms with E-state index in [1.54, 1.807) is 12.1 Å². The summed E-state index contributed by atoms with van der Waals surface area (Å²) >= 11 is 0. The summed E-state index contributed by atoms with van der Waals surface area (Å²) in [6.45, 7) is 1.31. The third kappa shape index (κ3) is 5.04. The van der Waals surface area contributed by atoms with Crippen LogP contribution in [0, 0.1) is 5.82 Å². The molecule has 1 aliphatic heterocycles. The summed E-state index contributed by atoms with van der Waals surface area (Å²) in [7, 11) is -7.39. The molecule has 0 saturated carbocycles. The Morgan fingerprint density at radius 3 is 2.29 bits per heavy atom. The number of hydrogen-bond acceptors (Lipinski definition) is 6. The first-order valence-electron chi connectivity index (χ1n) is 8.66. The first-order valence-corrected chi connectivity index (χ1v) is 11.8. The average molecular weight is 429 g/mol. The molecule has 28 heavy (non-hydrogen) atoms. The highest BCUT2D eigenvalue weighted by Crippen LogP contribution is 2.18. The minimum absolute atomic E-state index is 0.0136. The average Bonchev–Trinajstić information content (AvgIpc) is 2.69. The van der Waals surface area contributed by atoms with Crippen molar-refractivity contribution >= 4 is 25.7 Å². The van der Waals surface area contributed by atoms with Crippen molar-refractivity contribution in [1.82, 2.24) is 14.0 Å². The van der Waals surface area contributed by atoms with E-state index in [1.165, 1.54) is 41.0 Å². The van der Waals surface area contributed by atoms with Crippen molar-refractivity contribution in [2.75, 3.05) is 43.4 Å². The van der Waals surface area contributed by atoms with Crippen LogP contribution in [0.4, 0.5) is 10.1 Å². The Balaban J connectivity index is 1.52. The van der Waals surface area contributed by atoms with Crippen LogP contribution in [0.5, 0.6) is 0 Å². The van der Waals surface area contributed by atoms with Crippen LogP contribution < -0.4 is 9.62 Å². The molecule has 1 aromatic carbocycles. The van der Waals surface area contributed by atoms with Crippen molar-refractivity contribution in [2.45, 2.75) is 4.90 Å². The molecule has 1 N–H and O–H groups in total. The minimum Gasteiger partial charge on any atom is -0.369 e. The molecule has 152 valence electrons. The first kappa shape index (κ1) is 20.6. The summed E-state index contributed by atoms with van der Waals surface area (Å²) in [5, 5.41) is 0. The summed E-state index contributed by atoms with van der Waals surface area (Å²) in [6.07, 6.45) is 2.65. The fourth-order valence-electron chi connectivity index (χ4n) is 2.90. The van der Waals surface area contributed by atoms with Crippen molar-refractivity contribution in [3.63, 3.8) is 0 Å². The molecule has 1 aliphatic rings. The van der Waals surface area contributed by atoms with Gasteiger partial charge in [-0.25, -0.2) is 25.9 Å². The van der Waals surface area contributed by atoms with Crippen LogP contribution in [0.15, 0.2) is 53.7 Å². The molecule has 0 bridgehead atoms. The van der Waals surface area contributed by atoms with Gasteiger partial charge in [-0.05, 0) is 36.4 Å². The van der Waals surface area contributed by atoms with Crippen molar-refractivity contribution in [2.24, 2.45) is 0 Å². The molecule has 0 amide bonds. The fourth-order valence-corrected chi connectivity index (χ4v) is 5.36. The van der Waals surface area contributed by atoms with E-state index in [9.17, 15) is 21.2 Å². The molecular formula is C17H21FN4O4S2. The normalized spacial score (nSPS) is 16.2. The quantitative estimate of drug-likeness (QED) is 0.695. The van der Waals surface area contributed by atoms with Gasteiger partial charge in [0.2, 0.25) is 20.0 Å². The number of nitrogens with one attached hydrogen (secondary N) is 1. The molecular weight excluding hydrogens is 407 g/mol. The van der Waals surface area contributed by atoms with Gasteiger partial charge in [0.1, 0.15) is 10.7 Å². The number of sulfonamides is 2. The first-order chi connectivity index (χ1) is 13.3. The van der Waals surface area contributed by atoms with Gasteiger partial charge >= 0.3 is 0 Å². The maximum absolute atomic E-state index is 13.0. The van der Waals surface area contributed by atoms with Crippen LogP contribution in [0.2, 0.25) is 0 Å². The largest absolute Gasteiger partial charge is 0.369 e. The number of anilines is 1. The van der Waals surface area contributed by atoms with E-state index < -0.39 is 20.0 Å². The predicted octanol–water partition coefficient (Wildman–Crippen LogP) is 0.651. The van der Waals surface area contributed by atoms with Gasteiger partial charge in [0.15, 0.2) is 0 Å². The predicted molar refractivity (Wildman–Crippen MR) is 103 cm³/mol. The second-order valence-corrected chi connectivity index (χ2v) is 10.1. The Kier molecular flexibility index (Phi) is 6.28. The lowest BCUT2D eigenvalue weighted by molar-refractivity contribution is 0.385. The number of rotatable bonds is 7. The van der Waals surface area contributed by atoms with E-state index in [-0.39, 0.29) is 36.1 Å². The highest BCUT2D eigenvalue weighted by molar-refractivity contribution is 7.90. The monoisotopic (exact) mass is 428 g/mol. The summed E-state index contributed by atoms with van der Waals surface area (Å²) in [6, 6.07) is 8.93. The second kappa shape index (κ2) is 8.52.